The van der Waals surface area contributed by atoms with Gasteiger partial charge in [0.2, 0.25) is 5.71 Å². The third-order valence-electron chi connectivity index (χ3n) is 4.44. The fourth-order valence-corrected chi connectivity index (χ4v) is 3.77. The molecule has 0 fully saturated rings. The van der Waals surface area contributed by atoms with Gasteiger partial charge in [-0.15, -0.1) is 0 Å². The normalized spacial score (nSPS) is 12.9. The van der Waals surface area contributed by atoms with Crippen molar-refractivity contribution >= 4 is 55.9 Å². The summed E-state index contributed by atoms with van der Waals surface area (Å²) in [6, 6.07) is 7.55. The number of ketones is 1. The van der Waals surface area contributed by atoms with E-state index in [-0.39, 0.29) is 27.1 Å². The summed E-state index contributed by atoms with van der Waals surface area (Å²) >= 11 is 12.4. The van der Waals surface area contributed by atoms with Crippen LogP contribution in [0.5, 0.6) is 0 Å². The van der Waals surface area contributed by atoms with Gasteiger partial charge in [-0.2, -0.15) is 8.42 Å². The fraction of sp³-hybridized carbons (Fsp3) is 0.286. The highest BCUT2D eigenvalue weighted by Gasteiger charge is 2.33. The third kappa shape index (κ3) is 4.76. The van der Waals surface area contributed by atoms with Crippen molar-refractivity contribution in [1.29, 1.82) is 0 Å². The predicted molar refractivity (Wildman–Crippen MR) is 119 cm³/mol. The van der Waals surface area contributed by atoms with Crippen LogP contribution in [0.2, 0.25) is 10.0 Å². The number of carbonyl (C=O) groups is 1. The van der Waals surface area contributed by atoms with Crippen molar-refractivity contribution in [2.75, 3.05) is 0 Å². The zero-order valence-electron chi connectivity index (χ0n) is 17.5. The average Bonchev–Trinajstić information content (AvgIpc) is 3.09. The molecule has 3 aromatic rings. The summed E-state index contributed by atoms with van der Waals surface area (Å²) in [4.78, 5) is 17.1. The molecule has 164 valence electrons. The number of fused-ring (bicyclic) bond motifs is 1. The van der Waals surface area contributed by atoms with Crippen LogP contribution >= 0.6 is 23.2 Å². The smallest absolute Gasteiger partial charge is 0.358 e. The Kier molecular flexibility index (Phi) is 6.19. The van der Waals surface area contributed by atoms with Crippen LogP contribution in [0.4, 0.5) is 0 Å². The molecule has 0 amide bonds. The zero-order valence-corrected chi connectivity index (χ0v) is 19.8. The lowest BCUT2D eigenvalue weighted by Crippen LogP contribution is -2.30. The Balaban J connectivity index is 2.11. The Labute approximate surface area is 190 Å². The van der Waals surface area contributed by atoms with E-state index in [1.54, 1.807) is 39.8 Å². The van der Waals surface area contributed by atoms with Crippen molar-refractivity contribution < 1.29 is 21.9 Å². The quantitative estimate of drug-likeness (QED) is 0.352. The number of aromatic nitrogens is 1. The molecule has 0 spiro atoms. The van der Waals surface area contributed by atoms with Gasteiger partial charge in [0, 0.05) is 10.4 Å². The topological polar surface area (TPSA) is 98.8 Å². The second kappa shape index (κ2) is 8.26. The first-order chi connectivity index (χ1) is 14.3. The molecular formula is C21H20Cl2N2O5S. The van der Waals surface area contributed by atoms with Gasteiger partial charge in [0.15, 0.2) is 11.4 Å². The highest BCUT2D eigenvalue weighted by Crippen LogP contribution is 2.33. The van der Waals surface area contributed by atoms with Crippen LogP contribution in [0.15, 0.2) is 44.8 Å². The number of hydrogen-bond donors (Lipinski definition) is 0. The van der Waals surface area contributed by atoms with Crippen LogP contribution in [0.3, 0.4) is 0 Å². The first kappa shape index (κ1) is 23.2. The molecule has 31 heavy (non-hydrogen) atoms. The monoisotopic (exact) mass is 482 g/mol. The molecule has 0 unspecified atom stereocenters. The molecule has 0 aliphatic heterocycles. The maximum atomic E-state index is 13.0. The van der Waals surface area contributed by atoms with Crippen molar-refractivity contribution in [3.8, 4) is 0 Å². The molecule has 3 rings (SSSR count). The summed E-state index contributed by atoms with van der Waals surface area (Å²) in [6.07, 6.45) is 0. The molecule has 0 bridgehead atoms. The van der Waals surface area contributed by atoms with E-state index in [4.69, 9.17) is 31.9 Å². The first-order valence-electron chi connectivity index (χ1n) is 9.20. The van der Waals surface area contributed by atoms with Gasteiger partial charge in [-0.05, 0) is 37.6 Å². The van der Waals surface area contributed by atoms with Crippen molar-refractivity contribution in [3.05, 3.63) is 57.4 Å². The summed E-state index contributed by atoms with van der Waals surface area (Å²) < 4.78 is 35.6. The van der Waals surface area contributed by atoms with Crippen molar-refractivity contribution in [2.24, 2.45) is 10.6 Å². The number of nitrogens with zero attached hydrogens (tertiary/aromatic N) is 2. The molecule has 0 atom stereocenters. The number of rotatable bonds is 5. The summed E-state index contributed by atoms with van der Waals surface area (Å²) in [5.74, 6) is -0.755. The SMILES string of the molecule is Cc1ccc(S(=O)(=O)O/N=C(\C(=O)C(C)(C)C)c2nc3cc(Cl)c(C)c(Cl)c3o2)cc1. The molecule has 7 nitrogen and oxygen atoms in total. The molecular weight excluding hydrogens is 463 g/mol. The maximum absolute atomic E-state index is 13.0. The Morgan fingerprint density at radius 1 is 1.13 bits per heavy atom. The summed E-state index contributed by atoms with van der Waals surface area (Å²) in [7, 11) is -4.27. The molecule has 0 N–H and O–H groups in total. The van der Waals surface area contributed by atoms with Crippen LogP contribution in [0, 0.1) is 19.3 Å². The molecule has 0 aliphatic rings. The van der Waals surface area contributed by atoms with E-state index >= 15 is 0 Å². The van der Waals surface area contributed by atoms with Crippen LogP contribution in [-0.4, -0.2) is 24.9 Å². The third-order valence-corrected chi connectivity index (χ3v) is 6.41. The van der Waals surface area contributed by atoms with Crippen molar-refractivity contribution in [3.63, 3.8) is 0 Å². The minimum Gasteiger partial charge on any atom is -0.433 e. The molecule has 0 aliphatic carbocycles. The highest BCUT2D eigenvalue weighted by atomic mass is 35.5. The van der Waals surface area contributed by atoms with Crippen molar-refractivity contribution in [1.82, 2.24) is 4.98 Å². The van der Waals surface area contributed by atoms with E-state index in [1.165, 1.54) is 18.2 Å². The number of oxazole rings is 1. The Bertz CT molecular complexity index is 1300. The van der Waals surface area contributed by atoms with Gasteiger partial charge in [-0.3, -0.25) is 9.08 Å². The highest BCUT2D eigenvalue weighted by molar-refractivity contribution is 7.86. The van der Waals surface area contributed by atoms with Gasteiger partial charge in [0.1, 0.15) is 10.4 Å². The Hall–Kier alpha value is -2.42. The summed E-state index contributed by atoms with van der Waals surface area (Å²) in [5.41, 5.74) is 0.652. The standard InChI is InChI=1S/C21H20Cl2N2O5S/c1-11-6-8-13(9-7-11)31(27,28)30-25-17(19(26)21(3,4)5)20-24-15-10-14(22)12(2)16(23)18(15)29-20/h6-10H,1-5H3/b25-17+. The van der Waals surface area contributed by atoms with Crippen LogP contribution in [0.25, 0.3) is 11.1 Å². The van der Waals surface area contributed by atoms with E-state index in [0.717, 1.165) is 5.56 Å². The summed E-state index contributed by atoms with van der Waals surface area (Å²) in [6.45, 7) is 8.47. The summed E-state index contributed by atoms with van der Waals surface area (Å²) in [5, 5.41) is 4.25. The van der Waals surface area contributed by atoms with Crippen LogP contribution < -0.4 is 0 Å². The molecule has 10 heteroatoms. The van der Waals surface area contributed by atoms with Gasteiger partial charge in [0.05, 0.1) is 5.02 Å². The van der Waals surface area contributed by atoms with Gasteiger partial charge in [-0.1, -0.05) is 66.8 Å². The lowest BCUT2D eigenvalue weighted by molar-refractivity contribution is -0.119. The van der Waals surface area contributed by atoms with E-state index in [2.05, 4.69) is 10.1 Å². The number of aryl methyl sites for hydroxylation is 1. The Morgan fingerprint density at radius 3 is 2.32 bits per heavy atom. The molecule has 0 saturated carbocycles. The van der Waals surface area contributed by atoms with Gasteiger partial charge >= 0.3 is 10.1 Å². The number of benzene rings is 2. The van der Waals surface area contributed by atoms with E-state index in [9.17, 15) is 13.2 Å². The lowest BCUT2D eigenvalue weighted by Gasteiger charge is -2.15. The van der Waals surface area contributed by atoms with Gasteiger partial charge in [0.25, 0.3) is 5.89 Å². The van der Waals surface area contributed by atoms with E-state index in [1.807, 2.05) is 6.92 Å². The Morgan fingerprint density at radius 2 is 1.74 bits per heavy atom. The molecule has 0 radical (unpaired) electrons. The number of hydrogen-bond acceptors (Lipinski definition) is 7. The van der Waals surface area contributed by atoms with E-state index < -0.39 is 21.3 Å². The van der Waals surface area contributed by atoms with Gasteiger partial charge in [-0.25, -0.2) is 4.98 Å². The van der Waals surface area contributed by atoms with E-state index in [0.29, 0.717) is 16.1 Å². The second-order valence-electron chi connectivity index (χ2n) is 8.03. The van der Waals surface area contributed by atoms with Crippen molar-refractivity contribution in [2.45, 2.75) is 39.5 Å². The number of oxime groups is 1. The van der Waals surface area contributed by atoms with Crippen LogP contribution in [0.1, 0.15) is 37.8 Å². The second-order valence-corrected chi connectivity index (χ2v) is 10.3. The number of Topliss-reactive ketones (excluding diaryl/α,β-unsaturated/α-hetero) is 1. The first-order valence-corrected chi connectivity index (χ1v) is 11.4. The predicted octanol–water partition coefficient (Wildman–Crippen LogP) is 5.48. The van der Waals surface area contributed by atoms with Crippen LogP contribution in [-0.2, 0) is 19.2 Å². The minimum atomic E-state index is -4.27. The number of halogens is 2. The largest absolute Gasteiger partial charge is 0.433 e. The fourth-order valence-electron chi connectivity index (χ4n) is 2.56. The van der Waals surface area contributed by atoms with Gasteiger partial charge < -0.3 is 4.42 Å². The molecule has 0 saturated heterocycles. The number of carbonyl (C=O) groups excluding carboxylic acids is 1. The maximum Gasteiger partial charge on any atom is 0.358 e. The molecule has 1 heterocycles. The molecule has 1 aromatic heterocycles. The molecule has 2 aromatic carbocycles. The average molecular weight is 483 g/mol. The minimum absolute atomic E-state index is 0.104. The zero-order chi connectivity index (χ0) is 23.1. The lowest BCUT2D eigenvalue weighted by atomic mass is 9.88.